The highest BCUT2D eigenvalue weighted by atomic mass is 32.1. The van der Waals surface area contributed by atoms with Crippen LogP contribution in [0.1, 0.15) is 5.56 Å². The van der Waals surface area contributed by atoms with E-state index >= 15 is 0 Å². The van der Waals surface area contributed by atoms with Gasteiger partial charge in [0.15, 0.2) is 16.3 Å². The van der Waals surface area contributed by atoms with Gasteiger partial charge in [-0.3, -0.25) is 14.2 Å². The second-order valence-electron chi connectivity index (χ2n) is 7.22. The lowest BCUT2D eigenvalue weighted by molar-refractivity contribution is -0.112. The number of carbonyl (C=O) groups excluding carboxylic acids is 1. The van der Waals surface area contributed by atoms with Gasteiger partial charge in [0.25, 0.3) is 11.5 Å². The lowest BCUT2D eigenvalue weighted by Gasteiger charge is -2.26. The number of ether oxygens (including phenoxy) is 2. The van der Waals surface area contributed by atoms with Crippen molar-refractivity contribution in [3.05, 3.63) is 67.7 Å². The molecular formula is C22H20N4O4S. The van der Waals surface area contributed by atoms with Crippen LogP contribution in [0.3, 0.4) is 0 Å². The molecule has 0 saturated heterocycles. The second kappa shape index (κ2) is 7.28. The maximum absolute atomic E-state index is 13.3. The van der Waals surface area contributed by atoms with Gasteiger partial charge in [-0.2, -0.15) is 0 Å². The lowest BCUT2D eigenvalue weighted by atomic mass is 10.1. The summed E-state index contributed by atoms with van der Waals surface area (Å²) in [4.78, 5) is 35.0. The van der Waals surface area contributed by atoms with Gasteiger partial charge in [0.1, 0.15) is 17.9 Å². The molecule has 2 aliphatic heterocycles. The van der Waals surface area contributed by atoms with Crippen molar-refractivity contribution < 1.29 is 14.3 Å². The Morgan fingerprint density at radius 1 is 1.03 bits per heavy atom. The topological polar surface area (TPSA) is 76.4 Å². The Morgan fingerprint density at radius 2 is 1.81 bits per heavy atom. The van der Waals surface area contributed by atoms with Gasteiger partial charge in [0.2, 0.25) is 0 Å². The van der Waals surface area contributed by atoms with E-state index in [0.717, 1.165) is 16.9 Å². The summed E-state index contributed by atoms with van der Waals surface area (Å²) in [6, 6.07) is 13.1. The molecule has 0 atom stereocenters. The van der Waals surface area contributed by atoms with Gasteiger partial charge in [0, 0.05) is 24.4 Å². The third-order valence-corrected chi connectivity index (χ3v) is 6.68. The molecule has 0 spiro atoms. The summed E-state index contributed by atoms with van der Waals surface area (Å²) in [5.41, 5.74) is 2.69. The second-order valence-corrected chi connectivity index (χ2v) is 8.20. The summed E-state index contributed by atoms with van der Waals surface area (Å²) in [7, 11) is 4.90. The van der Waals surface area contributed by atoms with Crippen LogP contribution >= 0.6 is 11.3 Å². The Bertz CT molecular complexity index is 1390. The number of rotatable bonds is 3. The normalized spacial score (nSPS) is 16.7. The fraction of sp³-hybridized carbons (Fsp3) is 0.227. The number of thiazole rings is 1. The number of para-hydroxylation sites is 1. The van der Waals surface area contributed by atoms with Gasteiger partial charge >= 0.3 is 0 Å². The van der Waals surface area contributed by atoms with E-state index in [0.29, 0.717) is 39.7 Å². The monoisotopic (exact) mass is 436 g/mol. The molecule has 2 aliphatic rings. The van der Waals surface area contributed by atoms with Crippen LogP contribution in [0.25, 0.3) is 5.57 Å². The first-order chi connectivity index (χ1) is 15.0. The van der Waals surface area contributed by atoms with Crippen molar-refractivity contribution in [1.82, 2.24) is 4.57 Å². The highest BCUT2D eigenvalue weighted by molar-refractivity contribution is 7.07. The van der Waals surface area contributed by atoms with Crippen LogP contribution in [0.2, 0.25) is 0 Å². The molecule has 8 nitrogen and oxygen atoms in total. The predicted octanol–water partition coefficient (Wildman–Crippen LogP) is 1.16. The molecule has 31 heavy (non-hydrogen) atoms. The number of anilines is 2. The van der Waals surface area contributed by atoms with Crippen molar-refractivity contribution in [3.63, 3.8) is 0 Å². The van der Waals surface area contributed by atoms with Crippen LogP contribution in [-0.2, 0) is 11.5 Å². The highest BCUT2D eigenvalue weighted by Crippen LogP contribution is 2.34. The summed E-state index contributed by atoms with van der Waals surface area (Å²) in [6.07, 6.45) is 0. The Kier molecular flexibility index (Phi) is 4.55. The largest absolute Gasteiger partial charge is 0.493 e. The maximum atomic E-state index is 13.3. The molecule has 0 saturated carbocycles. The molecule has 0 bridgehead atoms. The Balaban J connectivity index is 1.60. The van der Waals surface area contributed by atoms with Gasteiger partial charge in [0.05, 0.1) is 25.5 Å². The van der Waals surface area contributed by atoms with E-state index in [1.165, 1.54) is 11.3 Å². The summed E-state index contributed by atoms with van der Waals surface area (Å²) < 4.78 is 12.7. The molecule has 158 valence electrons. The van der Waals surface area contributed by atoms with Gasteiger partial charge in [-0.1, -0.05) is 29.5 Å². The van der Waals surface area contributed by atoms with Gasteiger partial charge in [-0.25, -0.2) is 4.99 Å². The van der Waals surface area contributed by atoms with Crippen molar-refractivity contribution in [1.29, 1.82) is 0 Å². The molecule has 0 unspecified atom stereocenters. The molecule has 3 aromatic rings. The molecule has 0 N–H and O–H groups in total. The average molecular weight is 436 g/mol. The van der Waals surface area contributed by atoms with Crippen LogP contribution in [-0.4, -0.2) is 38.4 Å². The summed E-state index contributed by atoms with van der Waals surface area (Å²) in [5.74, 6) is 1.07. The number of hydrogen-bond acceptors (Lipinski definition) is 7. The third kappa shape index (κ3) is 2.92. The number of benzene rings is 2. The standard InChI is InChI=1S/C22H20N4O4S/c1-24-15-7-5-4-6-14(15)18(20(24)27)19-21(28)26-12-25(11-23-22(26)31-19)13-8-9-16(29-2)17(10-13)30-3/h4-10H,11-12H2,1-3H3. The predicted molar refractivity (Wildman–Crippen MR) is 119 cm³/mol. The molecule has 3 heterocycles. The molecule has 9 heteroatoms. The molecule has 1 aromatic heterocycles. The zero-order chi connectivity index (χ0) is 21.7. The quantitative estimate of drug-likeness (QED) is 0.616. The van der Waals surface area contributed by atoms with E-state index < -0.39 is 0 Å². The summed E-state index contributed by atoms with van der Waals surface area (Å²) >= 11 is 1.27. The SMILES string of the molecule is COc1ccc(N2CN=c3sc(=C4C(=O)N(C)c5ccccc54)c(=O)n3C2)cc1OC. The molecule has 0 aliphatic carbocycles. The molecule has 2 aromatic carbocycles. The van der Waals surface area contributed by atoms with E-state index in [2.05, 4.69) is 4.99 Å². The van der Waals surface area contributed by atoms with E-state index in [1.807, 2.05) is 47.4 Å². The van der Waals surface area contributed by atoms with Crippen molar-refractivity contribution >= 4 is 34.2 Å². The van der Waals surface area contributed by atoms with Gasteiger partial charge in [-0.15, -0.1) is 0 Å². The highest BCUT2D eigenvalue weighted by Gasteiger charge is 2.32. The number of aromatic nitrogens is 1. The maximum Gasteiger partial charge on any atom is 0.272 e. The van der Waals surface area contributed by atoms with E-state index in [1.54, 1.807) is 30.7 Å². The van der Waals surface area contributed by atoms with Crippen molar-refractivity contribution in [2.24, 2.45) is 4.99 Å². The number of amides is 1. The summed E-state index contributed by atoms with van der Waals surface area (Å²) in [6.45, 7) is 0.733. The Labute approximate surface area is 181 Å². The lowest BCUT2D eigenvalue weighted by Crippen LogP contribution is -2.43. The number of hydrogen-bond donors (Lipinski definition) is 0. The minimum atomic E-state index is -0.206. The molecule has 1 amide bonds. The average Bonchev–Trinajstić information content (AvgIpc) is 3.26. The van der Waals surface area contributed by atoms with Crippen LogP contribution in [0.4, 0.5) is 11.4 Å². The van der Waals surface area contributed by atoms with Gasteiger partial charge in [-0.05, 0) is 18.2 Å². The van der Waals surface area contributed by atoms with E-state index in [9.17, 15) is 9.59 Å². The summed E-state index contributed by atoms with van der Waals surface area (Å²) in [5, 5.41) is 0. The number of fused-ring (bicyclic) bond motifs is 2. The first-order valence-electron chi connectivity index (χ1n) is 9.66. The van der Waals surface area contributed by atoms with Crippen molar-refractivity contribution in [3.8, 4) is 11.5 Å². The minimum absolute atomic E-state index is 0.172. The zero-order valence-electron chi connectivity index (χ0n) is 17.3. The van der Waals surface area contributed by atoms with E-state index in [4.69, 9.17) is 9.47 Å². The molecule has 0 fully saturated rings. The fourth-order valence-corrected chi connectivity index (χ4v) is 4.99. The fourth-order valence-electron chi connectivity index (χ4n) is 3.94. The number of likely N-dealkylation sites (N-methyl/N-ethyl adjacent to an activating group) is 1. The van der Waals surface area contributed by atoms with Crippen molar-refractivity contribution in [2.75, 3.05) is 37.7 Å². The smallest absolute Gasteiger partial charge is 0.272 e. The van der Waals surface area contributed by atoms with Crippen LogP contribution in [0, 0.1) is 0 Å². The number of carbonyl (C=O) groups is 1. The van der Waals surface area contributed by atoms with Crippen LogP contribution < -0.4 is 34.2 Å². The first kappa shape index (κ1) is 19.4. The Morgan fingerprint density at radius 3 is 2.58 bits per heavy atom. The van der Waals surface area contributed by atoms with Crippen LogP contribution in [0.15, 0.2) is 52.3 Å². The number of methoxy groups -OCH3 is 2. The molecule has 0 radical (unpaired) electrons. The number of nitrogens with zero attached hydrogens (tertiary/aromatic N) is 4. The Hall–Kier alpha value is -3.59. The first-order valence-corrected chi connectivity index (χ1v) is 10.5. The minimum Gasteiger partial charge on any atom is -0.493 e. The van der Waals surface area contributed by atoms with E-state index in [-0.39, 0.29) is 11.5 Å². The van der Waals surface area contributed by atoms with Crippen molar-refractivity contribution in [2.45, 2.75) is 6.67 Å². The van der Waals surface area contributed by atoms with Gasteiger partial charge < -0.3 is 19.3 Å². The van der Waals surface area contributed by atoms with Crippen LogP contribution in [0.5, 0.6) is 11.5 Å². The third-order valence-electron chi connectivity index (χ3n) is 5.57. The molecule has 5 rings (SSSR count). The molecular weight excluding hydrogens is 416 g/mol. The zero-order valence-corrected chi connectivity index (χ0v) is 18.1.